The number of aromatic hydroxyl groups is 1. The Hall–Kier alpha value is -5.30. The van der Waals surface area contributed by atoms with E-state index in [0.717, 1.165) is 22.0 Å². The Morgan fingerprint density at radius 3 is 2.59 bits per heavy atom. The molecular weight excluding hydrogens is 731 g/mol. The molecule has 3 aromatic heterocycles. The van der Waals surface area contributed by atoms with Crippen molar-refractivity contribution in [1.82, 2.24) is 25.6 Å². The number of ether oxygens (including phenoxy) is 1. The number of aromatic nitrogens is 3. The molecule has 14 heteroatoms. The molecule has 2 amide bonds. The van der Waals surface area contributed by atoms with Crippen LogP contribution in [0.3, 0.4) is 0 Å². The standard InChI is InChI=1S/C40H36Cl2N6O6/c1-16(2)28(43)37(51)45-24-14-18-11-12-25(49)22(13-18)40-15-52-31-20(8-5-9-21(31)40)19-7-6-10-23-26(19)27(34(41)44-23)32-35(42)48-39(53-32)30-33(40)54-38(47-30)29(17(3)4)46-36(24)50/h5-13,16-17,24,28-29,44,49H,14-15,43H2,1-4H3,(H,45,51)(H,46,50). The number of rotatable bonds is 4. The summed E-state index contributed by atoms with van der Waals surface area (Å²) in [7, 11) is 0. The summed E-state index contributed by atoms with van der Waals surface area (Å²) in [5, 5.41) is 19.0. The molecule has 3 aromatic carbocycles. The quantitative estimate of drug-likeness (QED) is 0.126. The second-order valence-electron chi connectivity index (χ2n) is 14.9. The van der Waals surface area contributed by atoms with E-state index in [1.54, 1.807) is 12.1 Å². The molecule has 0 aliphatic carbocycles. The van der Waals surface area contributed by atoms with Crippen LogP contribution in [0.4, 0.5) is 0 Å². The molecule has 0 radical (unpaired) electrons. The van der Waals surface area contributed by atoms with Crippen LogP contribution in [0.2, 0.25) is 10.3 Å². The zero-order valence-electron chi connectivity index (χ0n) is 29.7. The number of H-pyrrole nitrogens is 1. The number of phenols is 1. The summed E-state index contributed by atoms with van der Waals surface area (Å²) in [5.41, 5.74) is 9.74. The molecule has 6 heterocycles. The molecule has 4 atom stereocenters. The van der Waals surface area contributed by atoms with E-state index in [0.29, 0.717) is 33.2 Å². The zero-order valence-corrected chi connectivity index (χ0v) is 31.2. The molecular formula is C40H36Cl2N6O6. The van der Waals surface area contributed by atoms with Gasteiger partial charge in [0.2, 0.25) is 17.7 Å². The summed E-state index contributed by atoms with van der Waals surface area (Å²) in [6.45, 7) is 7.53. The Morgan fingerprint density at radius 1 is 1.04 bits per heavy atom. The van der Waals surface area contributed by atoms with Crippen LogP contribution in [0.15, 0.2) is 63.4 Å². The van der Waals surface area contributed by atoms with Crippen LogP contribution < -0.4 is 21.1 Å². The van der Waals surface area contributed by atoms with Crippen molar-refractivity contribution in [2.24, 2.45) is 17.6 Å². The molecule has 12 nitrogen and oxygen atoms in total. The highest BCUT2D eigenvalue weighted by Gasteiger charge is 2.53. The summed E-state index contributed by atoms with van der Waals surface area (Å²) in [4.78, 5) is 40.5. The van der Waals surface area contributed by atoms with Crippen molar-refractivity contribution >= 4 is 45.9 Å². The summed E-state index contributed by atoms with van der Waals surface area (Å²) >= 11 is 13.8. The van der Waals surface area contributed by atoms with Crippen LogP contribution >= 0.6 is 23.2 Å². The maximum absolute atomic E-state index is 14.2. The number of nitrogens with two attached hydrogens (primary N) is 1. The number of benzene rings is 3. The van der Waals surface area contributed by atoms with E-state index in [-0.39, 0.29) is 64.8 Å². The number of aromatic amines is 1. The van der Waals surface area contributed by atoms with Crippen molar-refractivity contribution in [2.75, 3.05) is 6.61 Å². The summed E-state index contributed by atoms with van der Waals surface area (Å²) in [6.07, 6.45) is 0.0985. The van der Waals surface area contributed by atoms with Crippen LogP contribution in [0.25, 0.3) is 44.9 Å². The van der Waals surface area contributed by atoms with E-state index in [1.807, 2.05) is 70.2 Å². The number of halogens is 2. The minimum atomic E-state index is -1.32. The largest absolute Gasteiger partial charge is 0.508 e. The lowest BCUT2D eigenvalue weighted by Crippen LogP contribution is -2.54. The summed E-state index contributed by atoms with van der Waals surface area (Å²) in [6, 6.07) is 14.1. The number of amides is 2. The predicted octanol–water partition coefficient (Wildman–Crippen LogP) is 7.04. The van der Waals surface area contributed by atoms with Crippen LogP contribution in [0.1, 0.15) is 62.1 Å². The fourth-order valence-corrected chi connectivity index (χ4v) is 8.47. The molecule has 4 unspecified atom stereocenters. The molecule has 0 fully saturated rings. The van der Waals surface area contributed by atoms with E-state index in [2.05, 4.69) is 20.6 Å². The molecule has 0 saturated heterocycles. The monoisotopic (exact) mass is 766 g/mol. The fraction of sp³-hybridized carbons (Fsp3) is 0.300. The molecule has 0 saturated carbocycles. The molecule has 1 spiro atoms. The van der Waals surface area contributed by atoms with Crippen molar-refractivity contribution in [3.05, 3.63) is 93.2 Å². The molecule has 3 aliphatic rings. The number of hydrogen-bond donors (Lipinski definition) is 5. The second kappa shape index (κ2) is 12.4. The SMILES string of the molecule is CC(C)C(N)C(=O)NC1Cc2ccc(O)c(c2)C23COc4c(cccc42)-c2cccc4[nH]c(Cl)c(c24)-c2oc(nc2Cl)-c2nc(oc23)C(C(C)C)NC1=O. The van der Waals surface area contributed by atoms with E-state index in [4.69, 9.17) is 47.5 Å². The first-order valence-electron chi connectivity index (χ1n) is 17.8. The maximum Gasteiger partial charge on any atom is 0.250 e. The number of phenolic OH excluding ortho intramolecular Hbond substituents is 1. The van der Waals surface area contributed by atoms with Gasteiger partial charge in [0.15, 0.2) is 22.4 Å². The molecule has 6 N–H and O–H groups in total. The van der Waals surface area contributed by atoms with Gasteiger partial charge >= 0.3 is 0 Å². The van der Waals surface area contributed by atoms with Gasteiger partial charge in [-0.05, 0) is 35.1 Å². The fourth-order valence-electron chi connectivity index (χ4n) is 7.98. The topological polar surface area (TPSA) is 182 Å². The highest BCUT2D eigenvalue weighted by molar-refractivity contribution is 6.37. The van der Waals surface area contributed by atoms with Gasteiger partial charge < -0.3 is 40.0 Å². The van der Waals surface area contributed by atoms with Crippen molar-refractivity contribution in [1.29, 1.82) is 0 Å². The Labute approximate surface area is 319 Å². The minimum absolute atomic E-state index is 0.00186. The van der Waals surface area contributed by atoms with E-state index in [9.17, 15) is 14.7 Å². The lowest BCUT2D eigenvalue weighted by Gasteiger charge is -2.30. The van der Waals surface area contributed by atoms with Gasteiger partial charge in [-0.1, -0.05) is 93.4 Å². The number of carbonyl (C=O) groups is 2. The van der Waals surface area contributed by atoms with Gasteiger partial charge in [0.1, 0.15) is 40.8 Å². The number of nitrogens with zero attached hydrogens (tertiary/aromatic N) is 2. The van der Waals surface area contributed by atoms with Crippen LogP contribution in [0.5, 0.6) is 11.5 Å². The van der Waals surface area contributed by atoms with Crippen molar-refractivity contribution in [2.45, 2.75) is 57.7 Å². The Balaban J connectivity index is 1.37. The average molecular weight is 768 g/mol. The third-order valence-electron chi connectivity index (χ3n) is 10.9. The smallest absolute Gasteiger partial charge is 0.250 e. The number of carbonyl (C=O) groups excluding carboxylic acids is 2. The second-order valence-corrected chi connectivity index (χ2v) is 15.6. The minimum Gasteiger partial charge on any atom is -0.508 e. The normalized spacial score (nSPS) is 20.4. The lowest BCUT2D eigenvalue weighted by molar-refractivity contribution is -0.130. The third-order valence-corrected chi connectivity index (χ3v) is 11.4. The lowest BCUT2D eigenvalue weighted by atomic mass is 9.71. The Bertz CT molecular complexity index is 2540. The van der Waals surface area contributed by atoms with Crippen LogP contribution in [-0.2, 0) is 21.4 Å². The molecule has 6 aromatic rings. The Kier molecular flexibility index (Phi) is 7.90. The van der Waals surface area contributed by atoms with Gasteiger partial charge in [0.05, 0.1) is 11.6 Å². The van der Waals surface area contributed by atoms with Gasteiger partial charge in [0, 0.05) is 34.0 Å². The van der Waals surface area contributed by atoms with E-state index in [1.165, 1.54) is 0 Å². The molecule has 10 bridgehead atoms. The van der Waals surface area contributed by atoms with Crippen molar-refractivity contribution < 1.29 is 28.3 Å². The molecule has 54 heavy (non-hydrogen) atoms. The van der Waals surface area contributed by atoms with Crippen LogP contribution in [-0.4, -0.2) is 50.6 Å². The van der Waals surface area contributed by atoms with Gasteiger partial charge in [-0.25, -0.2) is 4.98 Å². The zero-order chi connectivity index (χ0) is 37.8. The van der Waals surface area contributed by atoms with Gasteiger partial charge in [0.25, 0.3) is 5.89 Å². The first kappa shape index (κ1) is 34.5. The van der Waals surface area contributed by atoms with E-state index < -0.39 is 35.4 Å². The third kappa shape index (κ3) is 5.00. The molecule has 3 aliphatic heterocycles. The van der Waals surface area contributed by atoms with Gasteiger partial charge in [-0.15, -0.1) is 0 Å². The van der Waals surface area contributed by atoms with Crippen LogP contribution in [0, 0.1) is 11.8 Å². The molecule has 9 rings (SSSR count). The highest BCUT2D eigenvalue weighted by atomic mass is 35.5. The molecule has 276 valence electrons. The maximum atomic E-state index is 14.2. The first-order chi connectivity index (χ1) is 25.9. The first-order valence-corrected chi connectivity index (χ1v) is 18.6. The van der Waals surface area contributed by atoms with Gasteiger partial charge in [-0.2, -0.15) is 4.98 Å². The number of hydrogen-bond acceptors (Lipinski definition) is 9. The number of fused-ring (bicyclic) bond motifs is 8. The average Bonchev–Trinajstić information content (AvgIpc) is 3.92. The highest BCUT2D eigenvalue weighted by Crippen LogP contribution is 2.57. The summed E-state index contributed by atoms with van der Waals surface area (Å²) in [5.74, 6) is -0.0855. The predicted molar refractivity (Wildman–Crippen MR) is 202 cm³/mol. The Morgan fingerprint density at radius 2 is 1.81 bits per heavy atom. The van der Waals surface area contributed by atoms with Crippen molar-refractivity contribution in [3.8, 4) is 45.5 Å². The van der Waals surface area contributed by atoms with E-state index >= 15 is 0 Å². The number of para-hydroxylation sites is 1. The van der Waals surface area contributed by atoms with Gasteiger partial charge in [-0.3, -0.25) is 9.59 Å². The number of nitrogens with one attached hydrogen (secondary N) is 3. The summed E-state index contributed by atoms with van der Waals surface area (Å²) < 4.78 is 20.2. The van der Waals surface area contributed by atoms with Crippen molar-refractivity contribution in [3.63, 3.8) is 0 Å². The number of oxazole rings is 2.